The van der Waals surface area contributed by atoms with E-state index >= 15 is 0 Å². The van der Waals surface area contributed by atoms with Crippen molar-refractivity contribution in [1.82, 2.24) is 14.7 Å². The Morgan fingerprint density at radius 1 is 1.23 bits per heavy atom. The summed E-state index contributed by atoms with van der Waals surface area (Å²) in [5, 5.41) is 4.59. The molecule has 138 valence electrons. The number of benzene rings is 1. The fraction of sp³-hybridized carbons (Fsp3) is 0.524. The molecule has 1 amide bonds. The standard InChI is InChI=1S/C21H27N3OS/c1-21(10-5-11-21)20(25)23-12-8-18(9-13-23)24-15-19(14-22-24)26-16-17-6-3-2-4-7-17/h2-4,6-7,14-15,18H,5,8-13,16H2,1H3. The van der Waals surface area contributed by atoms with Crippen molar-refractivity contribution in [3.05, 3.63) is 48.3 Å². The first kappa shape index (κ1) is 17.7. The molecule has 4 rings (SSSR count). The molecule has 1 aliphatic heterocycles. The van der Waals surface area contributed by atoms with Gasteiger partial charge >= 0.3 is 0 Å². The Morgan fingerprint density at radius 3 is 2.62 bits per heavy atom. The minimum atomic E-state index is -0.0697. The molecule has 0 atom stereocenters. The van der Waals surface area contributed by atoms with Gasteiger partial charge in [0.15, 0.2) is 0 Å². The lowest BCUT2D eigenvalue weighted by Crippen LogP contribution is -2.49. The van der Waals surface area contributed by atoms with Crippen molar-refractivity contribution in [3.63, 3.8) is 0 Å². The van der Waals surface area contributed by atoms with E-state index in [0.29, 0.717) is 11.9 Å². The molecule has 2 aromatic rings. The van der Waals surface area contributed by atoms with Crippen LogP contribution < -0.4 is 0 Å². The van der Waals surface area contributed by atoms with Crippen molar-refractivity contribution < 1.29 is 4.79 Å². The Kier molecular flexibility index (Phi) is 5.07. The van der Waals surface area contributed by atoms with Crippen molar-refractivity contribution in [2.45, 2.75) is 55.7 Å². The fourth-order valence-electron chi connectivity index (χ4n) is 3.97. The third kappa shape index (κ3) is 3.68. The van der Waals surface area contributed by atoms with Crippen LogP contribution in [0, 0.1) is 5.41 Å². The van der Waals surface area contributed by atoms with Gasteiger partial charge < -0.3 is 4.90 Å². The maximum absolute atomic E-state index is 12.7. The number of thioether (sulfide) groups is 1. The molecule has 0 radical (unpaired) electrons. The van der Waals surface area contributed by atoms with Gasteiger partial charge in [0.05, 0.1) is 12.2 Å². The molecule has 1 saturated carbocycles. The maximum Gasteiger partial charge on any atom is 0.228 e. The van der Waals surface area contributed by atoms with Crippen LogP contribution in [0.4, 0.5) is 0 Å². The Labute approximate surface area is 160 Å². The van der Waals surface area contributed by atoms with Gasteiger partial charge in [0.25, 0.3) is 0 Å². The van der Waals surface area contributed by atoms with E-state index in [-0.39, 0.29) is 5.41 Å². The molecule has 0 bridgehead atoms. The zero-order chi connectivity index (χ0) is 18.0. The average molecular weight is 370 g/mol. The van der Waals surface area contributed by atoms with Crippen molar-refractivity contribution in [1.29, 1.82) is 0 Å². The summed E-state index contributed by atoms with van der Waals surface area (Å²) in [6, 6.07) is 10.9. The van der Waals surface area contributed by atoms with Gasteiger partial charge in [-0.15, -0.1) is 11.8 Å². The third-order valence-electron chi connectivity index (χ3n) is 5.93. The van der Waals surface area contributed by atoms with Crippen LogP contribution in [0.25, 0.3) is 0 Å². The Balaban J connectivity index is 1.29. The summed E-state index contributed by atoms with van der Waals surface area (Å²) in [5.41, 5.74) is 1.27. The van der Waals surface area contributed by atoms with E-state index < -0.39 is 0 Å². The quantitative estimate of drug-likeness (QED) is 0.727. The molecule has 1 saturated heterocycles. The highest BCUT2D eigenvalue weighted by atomic mass is 32.2. The predicted molar refractivity (Wildman–Crippen MR) is 105 cm³/mol. The lowest BCUT2D eigenvalue weighted by atomic mass is 9.69. The van der Waals surface area contributed by atoms with E-state index in [1.54, 1.807) is 0 Å². The number of likely N-dealkylation sites (tertiary alicyclic amines) is 1. The first-order valence-corrected chi connectivity index (χ1v) is 10.6. The highest BCUT2D eigenvalue weighted by Gasteiger charge is 2.42. The molecule has 2 heterocycles. The first-order chi connectivity index (χ1) is 12.6. The molecule has 1 aromatic carbocycles. The van der Waals surface area contributed by atoms with E-state index in [1.165, 1.54) is 16.9 Å². The highest BCUT2D eigenvalue weighted by Crippen LogP contribution is 2.42. The Morgan fingerprint density at radius 2 is 1.96 bits per heavy atom. The number of amides is 1. The summed E-state index contributed by atoms with van der Waals surface area (Å²) in [7, 11) is 0. The van der Waals surface area contributed by atoms with Crippen LogP contribution in [-0.4, -0.2) is 33.7 Å². The molecule has 0 spiro atoms. The Bertz CT molecular complexity index is 746. The van der Waals surface area contributed by atoms with Gasteiger partial charge in [0, 0.05) is 35.3 Å². The number of nitrogens with zero attached hydrogens (tertiary/aromatic N) is 3. The molecule has 1 aromatic heterocycles. The lowest BCUT2D eigenvalue weighted by molar-refractivity contribution is -0.147. The van der Waals surface area contributed by atoms with Crippen molar-refractivity contribution in [2.75, 3.05) is 13.1 Å². The van der Waals surface area contributed by atoms with Gasteiger partial charge in [-0.05, 0) is 31.2 Å². The van der Waals surface area contributed by atoms with Crippen LogP contribution in [0.15, 0.2) is 47.6 Å². The minimum absolute atomic E-state index is 0.0697. The van der Waals surface area contributed by atoms with E-state index in [2.05, 4.69) is 58.1 Å². The number of carbonyl (C=O) groups is 1. The predicted octanol–water partition coefficient (Wildman–Crippen LogP) is 4.53. The van der Waals surface area contributed by atoms with Crippen LogP contribution in [0.3, 0.4) is 0 Å². The van der Waals surface area contributed by atoms with Gasteiger partial charge in [-0.1, -0.05) is 43.7 Å². The summed E-state index contributed by atoms with van der Waals surface area (Å²) >= 11 is 1.83. The van der Waals surface area contributed by atoms with E-state index in [9.17, 15) is 4.79 Å². The summed E-state index contributed by atoms with van der Waals surface area (Å²) in [6.07, 6.45) is 9.48. The summed E-state index contributed by atoms with van der Waals surface area (Å²) < 4.78 is 2.11. The van der Waals surface area contributed by atoms with Crippen LogP contribution in [0.1, 0.15) is 50.6 Å². The molecular weight excluding hydrogens is 342 g/mol. The molecule has 4 nitrogen and oxygen atoms in total. The monoisotopic (exact) mass is 369 g/mol. The summed E-state index contributed by atoms with van der Waals surface area (Å²) in [5.74, 6) is 1.35. The number of rotatable bonds is 5. The zero-order valence-electron chi connectivity index (χ0n) is 15.4. The van der Waals surface area contributed by atoms with E-state index in [0.717, 1.165) is 44.5 Å². The second-order valence-electron chi connectivity index (χ2n) is 7.87. The van der Waals surface area contributed by atoms with Crippen LogP contribution in [0.5, 0.6) is 0 Å². The highest BCUT2D eigenvalue weighted by molar-refractivity contribution is 7.98. The van der Waals surface area contributed by atoms with Gasteiger partial charge in [-0.3, -0.25) is 9.48 Å². The second kappa shape index (κ2) is 7.47. The molecule has 26 heavy (non-hydrogen) atoms. The molecular formula is C21H27N3OS. The van der Waals surface area contributed by atoms with Crippen molar-refractivity contribution in [2.24, 2.45) is 5.41 Å². The van der Waals surface area contributed by atoms with Gasteiger partial charge in [-0.2, -0.15) is 5.10 Å². The molecule has 2 fully saturated rings. The molecule has 2 aliphatic rings. The third-order valence-corrected chi connectivity index (χ3v) is 6.95. The van der Waals surface area contributed by atoms with Gasteiger partial charge in [-0.25, -0.2) is 0 Å². The van der Waals surface area contributed by atoms with Gasteiger partial charge in [0.1, 0.15) is 0 Å². The van der Waals surface area contributed by atoms with Crippen LogP contribution in [0.2, 0.25) is 0 Å². The maximum atomic E-state index is 12.7. The summed E-state index contributed by atoms with van der Waals surface area (Å²) in [6.45, 7) is 3.87. The average Bonchev–Trinajstić information content (AvgIpc) is 3.14. The zero-order valence-corrected chi connectivity index (χ0v) is 16.3. The van der Waals surface area contributed by atoms with Crippen molar-refractivity contribution in [3.8, 4) is 0 Å². The number of hydrogen-bond acceptors (Lipinski definition) is 3. The lowest BCUT2D eigenvalue weighted by Gasteiger charge is -2.43. The number of piperidine rings is 1. The number of aromatic nitrogens is 2. The molecule has 0 N–H and O–H groups in total. The normalized spacial score (nSPS) is 20.0. The Hall–Kier alpha value is -1.75. The molecule has 1 aliphatic carbocycles. The van der Waals surface area contributed by atoms with Crippen LogP contribution >= 0.6 is 11.8 Å². The molecule has 5 heteroatoms. The molecule has 0 unspecified atom stereocenters. The van der Waals surface area contributed by atoms with Crippen LogP contribution in [-0.2, 0) is 10.5 Å². The topological polar surface area (TPSA) is 38.1 Å². The SMILES string of the molecule is CC1(C(=O)N2CCC(n3cc(SCc4ccccc4)cn3)CC2)CCC1. The second-order valence-corrected chi connectivity index (χ2v) is 8.92. The summed E-state index contributed by atoms with van der Waals surface area (Å²) in [4.78, 5) is 16.0. The number of hydrogen-bond donors (Lipinski definition) is 0. The first-order valence-electron chi connectivity index (χ1n) is 9.64. The number of carbonyl (C=O) groups excluding carboxylic acids is 1. The fourth-order valence-corrected chi connectivity index (χ4v) is 4.80. The van der Waals surface area contributed by atoms with E-state index in [1.807, 2.05) is 18.0 Å². The van der Waals surface area contributed by atoms with Crippen molar-refractivity contribution >= 4 is 17.7 Å². The minimum Gasteiger partial charge on any atom is -0.342 e. The van der Waals surface area contributed by atoms with E-state index in [4.69, 9.17) is 0 Å². The smallest absolute Gasteiger partial charge is 0.228 e. The van der Waals surface area contributed by atoms with Gasteiger partial charge in [0.2, 0.25) is 5.91 Å². The largest absolute Gasteiger partial charge is 0.342 e.